The molecule has 1 aliphatic rings. The molecule has 84 valence electrons. The van der Waals surface area contributed by atoms with E-state index in [1.807, 2.05) is 0 Å². The molecule has 1 fully saturated rings. The molecule has 0 aromatic rings. The van der Waals surface area contributed by atoms with E-state index in [2.05, 4.69) is 0 Å². The van der Waals surface area contributed by atoms with E-state index in [-0.39, 0.29) is 17.2 Å². The van der Waals surface area contributed by atoms with E-state index in [1.165, 1.54) is 0 Å². The highest BCUT2D eigenvalue weighted by molar-refractivity contribution is 6.23. The van der Waals surface area contributed by atoms with Crippen molar-refractivity contribution in [2.75, 3.05) is 5.88 Å². The first-order chi connectivity index (χ1) is 6.29. The van der Waals surface area contributed by atoms with Gasteiger partial charge in [-0.15, -0.1) is 23.2 Å². The molecule has 1 rings (SSSR count). The quantitative estimate of drug-likeness (QED) is 0.727. The summed E-state index contributed by atoms with van der Waals surface area (Å²) in [7, 11) is 0. The highest BCUT2D eigenvalue weighted by Gasteiger charge is 2.44. The van der Waals surface area contributed by atoms with E-state index in [4.69, 9.17) is 23.2 Å². The molecule has 0 amide bonds. The highest BCUT2D eigenvalue weighted by Crippen LogP contribution is 2.40. The van der Waals surface area contributed by atoms with Crippen LogP contribution in [-0.2, 0) is 0 Å². The first-order valence-corrected chi connectivity index (χ1v) is 5.91. The van der Waals surface area contributed by atoms with Crippen molar-refractivity contribution in [3.63, 3.8) is 0 Å². The lowest BCUT2D eigenvalue weighted by molar-refractivity contribution is -0.0466. The van der Waals surface area contributed by atoms with Gasteiger partial charge >= 0.3 is 0 Å². The maximum absolute atomic E-state index is 9.99. The number of hydrogen-bond donors (Lipinski definition) is 2. The fraction of sp³-hybridized carbons (Fsp3) is 1.00. The minimum Gasteiger partial charge on any atom is -0.390 e. The van der Waals surface area contributed by atoms with Crippen molar-refractivity contribution in [3.05, 3.63) is 0 Å². The van der Waals surface area contributed by atoms with Crippen molar-refractivity contribution in [2.45, 2.75) is 49.7 Å². The van der Waals surface area contributed by atoms with Crippen molar-refractivity contribution in [1.29, 1.82) is 0 Å². The predicted molar refractivity (Wildman–Crippen MR) is 58.9 cm³/mol. The molecule has 0 heterocycles. The Kier molecular flexibility index (Phi) is 3.74. The van der Waals surface area contributed by atoms with Crippen molar-refractivity contribution in [1.82, 2.24) is 0 Å². The maximum atomic E-state index is 9.99. The summed E-state index contributed by atoms with van der Waals surface area (Å²) < 4.78 is 0. The van der Waals surface area contributed by atoms with Gasteiger partial charge in [0, 0.05) is 0 Å². The van der Waals surface area contributed by atoms with Gasteiger partial charge in [0.25, 0.3) is 0 Å². The second-order valence-corrected chi connectivity index (χ2v) is 5.62. The monoisotopic (exact) mass is 240 g/mol. The molecule has 4 heteroatoms. The molecule has 0 aromatic heterocycles. The molecular weight excluding hydrogens is 223 g/mol. The molecule has 1 saturated carbocycles. The lowest BCUT2D eigenvalue weighted by Gasteiger charge is -2.42. The van der Waals surface area contributed by atoms with E-state index in [0.717, 1.165) is 6.42 Å². The Labute approximate surface area is 95.2 Å². The van der Waals surface area contributed by atoms with Gasteiger partial charge in [0.1, 0.15) is 0 Å². The molecule has 0 radical (unpaired) electrons. The zero-order valence-electron chi connectivity index (χ0n) is 8.63. The van der Waals surface area contributed by atoms with Crippen LogP contribution in [0.4, 0.5) is 0 Å². The number of aliphatic hydroxyl groups is 2. The van der Waals surface area contributed by atoms with Crippen molar-refractivity contribution in [3.8, 4) is 0 Å². The molecule has 0 saturated heterocycles. The molecule has 1 aliphatic carbocycles. The van der Waals surface area contributed by atoms with E-state index < -0.39 is 11.2 Å². The molecule has 0 aromatic carbocycles. The van der Waals surface area contributed by atoms with E-state index in [0.29, 0.717) is 12.8 Å². The Hall–Kier alpha value is 0.500. The van der Waals surface area contributed by atoms with Gasteiger partial charge in [0.2, 0.25) is 0 Å². The minimum absolute atomic E-state index is 0.147. The third-order valence-corrected chi connectivity index (χ3v) is 4.28. The molecule has 0 bridgehead atoms. The summed E-state index contributed by atoms with van der Waals surface area (Å²) >= 11 is 11.8. The Morgan fingerprint density at radius 3 is 2.43 bits per heavy atom. The van der Waals surface area contributed by atoms with Gasteiger partial charge in [-0.3, -0.25) is 0 Å². The maximum Gasteiger partial charge on any atom is 0.0945 e. The van der Waals surface area contributed by atoms with Crippen molar-refractivity contribution in [2.24, 2.45) is 5.92 Å². The van der Waals surface area contributed by atoms with E-state index >= 15 is 0 Å². The molecule has 0 aliphatic heterocycles. The van der Waals surface area contributed by atoms with Gasteiger partial charge in [-0.1, -0.05) is 0 Å². The summed E-state index contributed by atoms with van der Waals surface area (Å²) in [5, 5.41) is 19.5. The average molecular weight is 241 g/mol. The van der Waals surface area contributed by atoms with Crippen LogP contribution in [0.3, 0.4) is 0 Å². The Morgan fingerprint density at radius 1 is 1.50 bits per heavy atom. The first-order valence-electron chi connectivity index (χ1n) is 4.94. The Morgan fingerprint density at radius 2 is 2.07 bits per heavy atom. The third kappa shape index (κ3) is 2.54. The molecule has 0 spiro atoms. The smallest absolute Gasteiger partial charge is 0.0945 e. The average Bonchev–Trinajstić information content (AvgIpc) is 2.08. The number of halogens is 2. The molecule has 3 atom stereocenters. The second kappa shape index (κ2) is 4.17. The summed E-state index contributed by atoms with van der Waals surface area (Å²) in [4.78, 5) is 0. The van der Waals surface area contributed by atoms with Crippen LogP contribution in [-0.4, -0.2) is 32.7 Å². The van der Waals surface area contributed by atoms with Crippen LogP contribution in [0.25, 0.3) is 0 Å². The van der Waals surface area contributed by atoms with Crippen LogP contribution in [0, 0.1) is 5.92 Å². The lowest BCUT2D eigenvalue weighted by atomic mass is 9.73. The third-order valence-electron chi connectivity index (χ3n) is 3.23. The van der Waals surface area contributed by atoms with E-state index in [1.54, 1.807) is 13.8 Å². The molecule has 3 unspecified atom stereocenters. The summed E-state index contributed by atoms with van der Waals surface area (Å²) in [5.74, 6) is 0.313. The van der Waals surface area contributed by atoms with Gasteiger partial charge in [-0.25, -0.2) is 0 Å². The van der Waals surface area contributed by atoms with Gasteiger partial charge in [0.05, 0.1) is 22.5 Å². The fourth-order valence-corrected chi connectivity index (χ4v) is 2.76. The number of hydrogen-bond acceptors (Lipinski definition) is 2. The molecule has 14 heavy (non-hydrogen) atoms. The van der Waals surface area contributed by atoms with E-state index in [9.17, 15) is 10.2 Å². The van der Waals surface area contributed by atoms with Crippen LogP contribution in [0.2, 0.25) is 0 Å². The zero-order chi connectivity index (χ0) is 11.0. The number of alkyl halides is 2. The predicted octanol–water partition coefficient (Wildman–Crippen LogP) is 2.13. The lowest BCUT2D eigenvalue weighted by Crippen LogP contribution is -2.49. The first kappa shape index (κ1) is 12.6. The van der Waals surface area contributed by atoms with Crippen molar-refractivity contribution < 1.29 is 10.2 Å². The largest absolute Gasteiger partial charge is 0.390 e. The van der Waals surface area contributed by atoms with Crippen LogP contribution in [0.1, 0.15) is 33.1 Å². The summed E-state index contributed by atoms with van der Waals surface area (Å²) in [6.07, 6.45) is 1.96. The summed E-state index contributed by atoms with van der Waals surface area (Å²) in [5.41, 5.74) is -1.67. The normalized spacial score (nSPS) is 39.9. The Bertz CT molecular complexity index is 203. The minimum atomic E-state index is -0.954. The highest BCUT2D eigenvalue weighted by atomic mass is 35.5. The summed E-state index contributed by atoms with van der Waals surface area (Å²) in [6.45, 7) is 3.57. The Balaban J connectivity index is 2.64. The number of rotatable bonds is 2. The van der Waals surface area contributed by atoms with Gasteiger partial charge < -0.3 is 10.2 Å². The van der Waals surface area contributed by atoms with Crippen LogP contribution in [0.15, 0.2) is 0 Å². The fourth-order valence-electron chi connectivity index (χ4n) is 1.96. The van der Waals surface area contributed by atoms with Gasteiger partial charge in [-0.05, 0) is 39.0 Å². The summed E-state index contributed by atoms with van der Waals surface area (Å²) in [6, 6.07) is 0. The SMILES string of the molecule is CC(C)(O)C1CCC(O)(CCl)C(Cl)C1. The molecule has 2 N–H and O–H groups in total. The van der Waals surface area contributed by atoms with Gasteiger partial charge in [-0.2, -0.15) is 0 Å². The van der Waals surface area contributed by atoms with Crippen LogP contribution < -0.4 is 0 Å². The van der Waals surface area contributed by atoms with Crippen LogP contribution >= 0.6 is 23.2 Å². The van der Waals surface area contributed by atoms with Crippen LogP contribution in [0.5, 0.6) is 0 Å². The topological polar surface area (TPSA) is 40.5 Å². The standard InChI is InChI=1S/C10H18Cl2O2/c1-9(2,13)7-3-4-10(14,6-11)8(12)5-7/h7-8,13-14H,3-6H2,1-2H3. The zero-order valence-corrected chi connectivity index (χ0v) is 10.1. The second-order valence-electron chi connectivity index (χ2n) is 4.83. The van der Waals surface area contributed by atoms with Crippen molar-refractivity contribution >= 4 is 23.2 Å². The molecule has 2 nitrogen and oxygen atoms in total. The molecular formula is C10H18Cl2O2. The van der Waals surface area contributed by atoms with Gasteiger partial charge in [0.15, 0.2) is 0 Å².